The summed E-state index contributed by atoms with van der Waals surface area (Å²) >= 11 is 4.89. The lowest BCUT2D eigenvalue weighted by Gasteiger charge is -2.33. The first-order valence-corrected chi connectivity index (χ1v) is 7.82. The number of hydrogen-bond donors (Lipinski definition) is 1. The third-order valence-electron chi connectivity index (χ3n) is 4.07. The monoisotopic (exact) mass is 309 g/mol. The second-order valence-corrected chi connectivity index (χ2v) is 6.56. The van der Waals surface area contributed by atoms with Gasteiger partial charge in [-0.15, -0.1) is 0 Å². The smallest absolute Gasteiger partial charge is 0.137 e. The third kappa shape index (κ3) is 4.46. The summed E-state index contributed by atoms with van der Waals surface area (Å²) in [4.78, 5) is 4.68. The van der Waals surface area contributed by atoms with Crippen LogP contribution in [-0.2, 0) is 6.54 Å². The van der Waals surface area contributed by atoms with E-state index < -0.39 is 0 Å². The molecule has 1 aliphatic rings. The van der Waals surface area contributed by atoms with Crippen LogP contribution in [0.5, 0.6) is 0 Å². The van der Waals surface area contributed by atoms with Crippen molar-refractivity contribution in [1.29, 1.82) is 0 Å². The fraction of sp³-hybridized carbons (Fsp3) is 0.562. The highest BCUT2D eigenvalue weighted by Crippen LogP contribution is 2.21. The highest BCUT2D eigenvalue weighted by Gasteiger charge is 2.21. The highest BCUT2D eigenvalue weighted by molar-refractivity contribution is 7.80. The summed E-state index contributed by atoms with van der Waals surface area (Å²) in [6.45, 7) is 3.82. The Kier molecular flexibility index (Phi) is 5.67. The van der Waals surface area contributed by atoms with Crippen molar-refractivity contribution in [1.82, 2.24) is 9.80 Å². The van der Waals surface area contributed by atoms with Crippen LogP contribution in [0.3, 0.4) is 0 Å². The first-order valence-electron chi connectivity index (χ1n) is 7.41. The van der Waals surface area contributed by atoms with E-state index in [1.807, 2.05) is 12.1 Å². The van der Waals surface area contributed by atoms with Gasteiger partial charge in [0, 0.05) is 24.2 Å². The molecule has 0 aromatic heterocycles. The molecule has 1 fully saturated rings. The lowest BCUT2D eigenvalue weighted by molar-refractivity contribution is 0.155. The summed E-state index contributed by atoms with van der Waals surface area (Å²) in [5, 5.41) is 0. The van der Waals surface area contributed by atoms with Crippen molar-refractivity contribution in [2.24, 2.45) is 11.7 Å². The molecule has 0 amide bonds. The van der Waals surface area contributed by atoms with E-state index in [-0.39, 0.29) is 10.8 Å². The zero-order valence-electron chi connectivity index (χ0n) is 12.8. The molecule has 21 heavy (non-hydrogen) atoms. The van der Waals surface area contributed by atoms with Crippen LogP contribution in [0.4, 0.5) is 4.39 Å². The number of likely N-dealkylation sites (tertiary alicyclic amines) is 1. The summed E-state index contributed by atoms with van der Waals surface area (Å²) in [6.07, 6.45) is 2.35. The van der Waals surface area contributed by atoms with Gasteiger partial charge in [-0.2, -0.15) is 0 Å². The largest absolute Gasteiger partial charge is 0.389 e. The molecule has 0 atom stereocenters. The molecule has 0 saturated carbocycles. The minimum absolute atomic E-state index is 0.124. The topological polar surface area (TPSA) is 32.5 Å². The van der Waals surface area contributed by atoms with Crippen LogP contribution in [0.2, 0.25) is 0 Å². The number of nitrogens with zero attached hydrogens (tertiary/aromatic N) is 2. The summed E-state index contributed by atoms with van der Waals surface area (Å²) in [5.41, 5.74) is 6.59. The Morgan fingerprint density at radius 1 is 1.38 bits per heavy atom. The van der Waals surface area contributed by atoms with Crippen LogP contribution in [0, 0.1) is 11.7 Å². The lowest BCUT2D eigenvalue weighted by atomic mass is 9.96. The van der Waals surface area contributed by atoms with Gasteiger partial charge in [-0.3, -0.25) is 4.90 Å². The molecule has 2 rings (SSSR count). The maximum atomic E-state index is 14.3. The zero-order chi connectivity index (χ0) is 15.4. The predicted molar refractivity (Wildman–Crippen MR) is 88.8 cm³/mol. The fourth-order valence-corrected chi connectivity index (χ4v) is 3.13. The van der Waals surface area contributed by atoms with Gasteiger partial charge in [0.25, 0.3) is 0 Å². The van der Waals surface area contributed by atoms with E-state index in [0.29, 0.717) is 17.7 Å². The van der Waals surface area contributed by atoms with Crippen molar-refractivity contribution in [3.63, 3.8) is 0 Å². The molecule has 3 nitrogen and oxygen atoms in total. The van der Waals surface area contributed by atoms with Gasteiger partial charge < -0.3 is 10.6 Å². The zero-order valence-corrected chi connectivity index (χ0v) is 13.6. The highest BCUT2D eigenvalue weighted by atomic mass is 32.1. The molecule has 1 saturated heterocycles. The van der Waals surface area contributed by atoms with Crippen LogP contribution < -0.4 is 5.73 Å². The molecule has 0 unspecified atom stereocenters. The molecule has 0 spiro atoms. The SMILES string of the molecule is CN(C)CC1CCN(Cc2cccc(C(N)=S)c2F)CC1. The second kappa shape index (κ2) is 7.29. The van der Waals surface area contributed by atoms with Gasteiger partial charge in [-0.25, -0.2) is 4.39 Å². The number of thiocarbonyl (C=S) groups is 1. The molecule has 5 heteroatoms. The average molecular weight is 309 g/mol. The Bertz CT molecular complexity index is 496. The summed E-state index contributed by atoms with van der Waals surface area (Å²) in [5.74, 6) is 0.490. The Labute approximate surface area is 131 Å². The standard InChI is InChI=1S/C16H24FN3S/c1-19(2)10-12-6-8-20(9-7-12)11-13-4-3-5-14(15(13)17)16(18)21/h3-5,12H,6-11H2,1-2H3,(H2,18,21). The first-order chi connectivity index (χ1) is 9.97. The summed E-state index contributed by atoms with van der Waals surface area (Å²) < 4.78 is 14.3. The van der Waals surface area contributed by atoms with Gasteiger partial charge in [-0.05, 0) is 52.0 Å². The summed E-state index contributed by atoms with van der Waals surface area (Å²) in [6, 6.07) is 5.29. The molecule has 1 aromatic carbocycles. The third-order valence-corrected chi connectivity index (χ3v) is 4.29. The number of benzene rings is 1. The lowest BCUT2D eigenvalue weighted by Crippen LogP contribution is -2.36. The average Bonchev–Trinajstić information content (AvgIpc) is 2.42. The van der Waals surface area contributed by atoms with Gasteiger partial charge in [0.15, 0.2) is 0 Å². The Balaban J connectivity index is 1.95. The maximum absolute atomic E-state index is 14.3. The molecule has 1 aromatic rings. The molecule has 2 N–H and O–H groups in total. The molecular formula is C16H24FN3S. The Morgan fingerprint density at radius 2 is 2.05 bits per heavy atom. The van der Waals surface area contributed by atoms with Crippen molar-refractivity contribution in [2.45, 2.75) is 19.4 Å². The van der Waals surface area contributed by atoms with Crippen molar-refractivity contribution in [3.05, 3.63) is 35.1 Å². The van der Waals surface area contributed by atoms with Gasteiger partial charge >= 0.3 is 0 Å². The van der Waals surface area contributed by atoms with E-state index in [0.717, 1.165) is 25.6 Å². The van der Waals surface area contributed by atoms with Crippen molar-refractivity contribution in [3.8, 4) is 0 Å². The molecule has 116 valence electrons. The fourth-order valence-electron chi connectivity index (χ4n) is 2.98. The molecule has 0 bridgehead atoms. The van der Waals surface area contributed by atoms with E-state index in [1.165, 1.54) is 12.8 Å². The minimum Gasteiger partial charge on any atom is -0.389 e. The molecule has 1 heterocycles. The summed E-state index contributed by atoms with van der Waals surface area (Å²) in [7, 11) is 4.23. The van der Waals surface area contributed by atoms with Crippen LogP contribution in [-0.4, -0.2) is 48.5 Å². The van der Waals surface area contributed by atoms with E-state index in [2.05, 4.69) is 23.9 Å². The maximum Gasteiger partial charge on any atom is 0.137 e. The second-order valence-electron chi connectivity index (χ2n) is 6.12. The quantitative estimate of drug-likeness (QED) is 0.846. The van der Waals surface area contributed by atoms with E-state index >= 15 is 0 Å². The molecule has 0 radical (unpaired) electrons. The van der Waals surface area contributed by atoms with Crippen molar-refractivity contribution >= 4 is 17.2 Å². The van der Waals surface area contributed by atoms with E-state index in [4.69, 9.17) is 18.0 Å². The van der Waals surface area contributed by atoms with Crippen LogP contribution >= 0.6 is 12.2 Å². The molecular weight excluding hydrogens is 285 g/mol. The first kappa shape index (κ1) is 16.3. The number of nitrogens with two attached hydrogens (primary N) is 1. The van der Waals surface area contributed by atoms with Crippen LogP contribution in [0.1, 0.15) is 24.0 Å². The Hall–Kier alpha value is -1.04. The van der Waals surface area contributed by atoms with Gasteiger partial charge in [0.1, 0.15) is 10.8 Å². The Morgan fingerprint density at radius 3 is 2.62 bits per heavy atom. The van der Waals surface area contributed by atoms with Crippen LogP contribution in [0.15, 0.2) is 18.2 Å². The molecule has 1 aliphatic heterocycles. The van der Waals surface area contributed by atoms with Crippen LogP contribution in [0.25, 0.3) is 0 Å². The van der Waals surface area contributed by atoms with Gasteiger partial charge in [-0.1, -0.05) is 24.4 Å². The van der Waals surface area contributed by atoms with Gasteiger partial charge in [0.2, 0.25) is 0 Å². The predicted octanol–water partition coefficient (Wildman–Crippen LogP) is 2.23. The minimum atomic E-state index is -0.264. The number of rotatable bonds is 5. The molecule has 0 aliphatic carbocycles. The van der Waals surface area contributed by atoms with Crippen molar-refractivity contribution in [2.75, 3.05) is 33.7 Å². The number of hydrogen-bond acceptors (Lipinski definition) is 3. The normalized spacial score (nSPS) is 17.3. The van der Waals surface area contributed by atoms with Gasteiger partial charge in [0.05, 0.1) is 0 Å². The van der Waals surface area contributed by atoms with Crippen molar-refractivity contribution < 1.29 is 4.39 Å². The van der Waals surface area contributed by atoms with E-state index in [1.54, 1.807) is 6.07 Å². The number of halogens is 1. The number of piperidine rings is 1. The van der Waals surface area contributed by atoms with E-state index in [9.17, 15) is 4.39 Å².